The minimum Gasteiger partial charge on any atom is -0.380 e. The van der Waals surface area contributed by atoms with Crippen LogP contribution in [0, 0.1) is 0 Å². The molecule has 0 saturated carbocycles. The molecule has 0 aliphatic heterocycles. The molecule has 0 aliphatic rings. The van der Waals surface area contributed by atoms with Gasteiger partial charge >= 0.3 is 0 Å². The standard InChI is InChI=1S/C16H20N4O/c1-16(2,3)20-15(21)14-7-6-13(11-19-14)18-10-12-5-4-8-17-9-12/h4-9,11,18H,10H2,1-3H3,(H,20,21). The van der Waals surface area contributed by atoms with Crippen molar-refractivity contribution in [2.45, 2.75) is 32.9 Å². The van der Waals surface area contributed by atoms with Crippen LogP contribution in [0.2, 0.25) is 0 Å². The predicted octanol–water partition coefficient (Wildman–Crippen LogP) is 2.62. The van der Waals surface area contributed by atoms with Crippen LogP contribution in [0.5, 0.6) is 0 Å². The van der Waals surface area contributed by atoms with Crippen LogP contribution >= 0.6 is 0 Å². The number of anilines is 1. The molecule has 0 bridgehead atoms. The van der Waals surface area contributed by atoms with Gasteiger partial charge in [0.1, 0.15) is 5.69 Å². The number of nitrogens with zero attached hydrogens (tertiary/aromatic N) is 2. The summed E-state index contributed by atoms with van der Waals surface area (Å²) >= 11 is 0. The first-order valence-electron chi connectivity index (χ1n) is 6.85. The van der Waals surface area contributed by atoms with Gasteiger partial charge in [-0.15, -0.1) is 0 Å². The van der Waals surface area contributed by atoms with Crippen LogP contribution in [0.4, 0.5) is 5.69 Å². The van der Waals surface area contributed by atoms with Crippen molar-refractivity contribution < 1.29 is 4.79 Å². The molecule has 21 heavy (non-hydrogen) atoms. The zero-order chi connectivity index (χ0) is 15.3. The maximum Gasteiger partial charge on any atom is 0.270 e. The fraction of sp³-hybridized carbons (Fsp3) is 0.312. The van der Waals surface area contributed by atoms with Crippen molar-refractivity contribution in [2.24, 2.45) is 0 Å². The third-order valence-electron chi connectivity index (χ3n) is 2.70. The number of carbonyl (C=O) groups is 1. The van der Waals surface area contributed by atoms with E-state index in [2.05, 4.69) is 20.6 Å². The summed E-state index contributed by atoms with van der Waals surface area (Å²) in [5, 5.41) is 6.12. The molecule has 2 aromatic heterocycles. The molecule has 0 saturated heterocycles. The Balaban J connectivity index is 1.94. The van der Waals surface area contributed by atoms with Gasteiger partial charge in [0.2, 0.25) is 0 Å². The molecule has 5 heteroatoms. The molecule has 0 aliphatic carbocycles. The summed E-state index contributed by atoms with van der Waals surface area (Å²) in [7, 11) is 0. The van der Waals surface area contributed by atoms with Gasteiger partial charge in [-0.1, -0.05) is 6.07 Å². The topological polar surface area (TPSA) is 66.9 Å². The van der Waals surface area contributed by atoms with Gasteiger partial charge in [-0.3, -0.25) is 9.78 Å². The normalized spacial score (nSPS) is 11.0. The van der Waals surface area contributed by atoms with Crippen LogP contribution in [0.1, 0.15) is 36.8 Å². The molecule has 110 valence electrons. The quantitative estimate of drug-likeness (QED) is 0.905. The lowest BCUT2D eigenvalue weighted by Gasteiger charge is -2.20. The Bertz CT molecular complexity index is 588. The van der Waals surface area contributed by atoms with Gasteiger partial charge in [-0.25, -0.2) is 4.98 Å². The van der Waals surface area contributed by atoms with E-state index in [1.54, 1.807) is 18.5 Å². The summed E-state index contributed by atoms with van der Waals surface area (Å²) in [5.74, 6) is -0.165. The number of nitrogens with one attached hydrogen (secondary N) is 2. The molecule has 1 amide bonds. The van der Waals surface area contributed by atoms with Crippen molar-refractivity contribution in [2.75, 3.05) is 5.32 Å². The molecule has 0 radical (unpaired) electrons. The van der Waals surface area contributed by atoms with E-state index < -0.39 is 0 Å². The second-order valence-electron chi connectivity index (χ2n) is 5.85. The van der Waals surface area contributed by atoms with E-state index in [4.69, 9.17) is 0 Å². The fourth-order valence-corrected chi connectivity index (χ4v) is 1.74. The lowest BCUT2D eigenvalue weighted by Crippen LogP contribution is -2.40. The number of pyridine rings is 2. The van der Waals surface area contributed by atoms with Gasteiger partial charge in [0.25, 0.3) is 5.91 Å². The zero-order valence-electron chi connectivity index (χ0n) is 12.6. The highest BCUT2D eigenvalue weighted by Gasteiger charge is 2.15. The first kappa shape index (κ1) is 15.0. The number of hydrogen-bond donors (Lipinski definition) is 2. The molecular formula is C16H20N4O. The van der Waals surface area contributed by atoms with Gasteiger partial charge in [-0.2, -0.15) is 0 Å². The van der Waals surface area contributed by atoms with E-state index >= 15 is 0 Å². The number of carbonyl (C=O) groups excluding carboxylic acids is 1. The van der Waals surface area contributed by atoms with Gasteiger partial charge in [0.05, 0.1) is 11.9 Å². The highest BCUT2D eigenvalue weighted by atomic mass is 16.2. The monoisotopic (exact) mass is 284 g/mol. The largest absolute Gasteiger partial charge is 0.380 e. The van der Waals surface area contributed by atoms with Gasteiger partial charge in [0, 0.05) is 24.5 Å². The average molecular weight is 284 g/mol. The second-order valence-corrected chi connectivity index (χ2v) is 5.85. The Kier molecular flexibility index (Phi) is 4.52. The maximum absolute atomic E-state index is 11.9. The SMILES string of the molecule is CC(C)(C)NC(=O)c1ccc(NCc2cccnc2)cn1. The van der Waals surface area contributed by atoms with Crippen LogP contribution in [0.15, 0.2) is 42.9 Å². The average Bonchev–Trinajstić information content (AvgIpc) is 2.45. The van der Waals surface area contributed by atoms with Crippen molar-refractivity contribution in [1.82, 2.24) is 15.3 Å². The van der Waals surface area contributed by atoms with Crippen LogP contribution in [0.25, 0.3) is 0 Å². The molecule has 2 aromatic rings. The Morgan fingerprint density at radius 3 is 2.57 bits per heavy atom. The first-order chi connectivity index (χ1) is 9.94. The van der Waals surface area contributed by atoms with Crippen molar-refractivity contribution >= 4 is 11.6 Å². The van der Waals surface area contributed by atoms with E-state index in [1.165, 1.54) is 0 Å². The smallest absolute Gasteiger partial charge is 0.270 e. The van der Waals surface area contributed by atoms with Crippen molar-refractivity contribution in [3.8, 4) is 0 Å². The van der Waals surface area contributed by atoms with Crippen LogP contribution in [-0.2, 0) is 6.54 Å². The number of aromatic nitrogens is 2. The van der Waals surface area contributed by atoms with E-state index in [-0.39, 0.29) is 11.4 Å². The summed E-state index contributed by atoms with van der Waals surface area (Å²) in [6.07, 6.45) is 5.22. The summed E-state index contributed by atoms with van der Waals surface area (Å²) in [6, 6.07) is 7.46. The summed E-state index contributed by atoms with van der Waals surface area (Å²) in [6.45, 7) is 6.49. The second kappa shape index (κ2) is 6.35. The summed E-state index contributed by atoms with van der Waals surface area (Å²) < 4.78 is 0. The molecule has 0 fully saturated rings. The maximum atomic E-state index is 11.9. The molecule has 0 atom stereocenters. The molecule has 2 heterocycles. The van der Waals surface area contributed by atoms with Crippen LogP contribution < -0.4 is 10.6 Å². The predicted molar refractivity (Wildman–Crippen MR) is 83.0 cm³/mol. The van der Waals surface area contributed by atoms with Crippen molar-refractivity contribution in [3.63, 3.8) is 0 Å². The lowest BCUT2D eigenvalue weighted by molar-refractivity contribution is 0.0914. The van der Waals surface area contributed by atoms with Gasteiger partial charge < -0.3 is 10.6 Å². The molecule has 5 nitrogen and oxygen atoms in total. The Labute approximate surface area is 124 Å². The summed E-state index contributed by atoms with van der Waals surface area (Å²) in [5.41, 5.74) is 2.10. The first-order valence-corrected chi connectivity index (χ1v) is 6.85. The number of hydrogen-bond acceptors (Lipinski definition) is 4. The molecule has 0 aromatic carbocycles. The molecule has 0 spiro atoms. The molecule has 0 unspecified atom stereocenters. The van der Waals surface area contributed by atoms with E-state index in [1.807, 2.05) is 45.2 Å². The molecule has 2 N–H and O–H groups in total. The van der Waals surface area contributed by atoms with E-state index in [9.17, 15) is 4.79 Å². The highest BCUT2D eigenvalue weighted by molar-refractivity contribution is 5.92. The van der Waals surface area contributed by atoms with Gasteiger partial charge in [0.15, 0.2) is 0 Å². The van der Waals surface area contributed by atoms with Gasteiger partial charge in [-0.05, 0) is 44.5 Å². The lowest BCUT2D eigenvalue weighted by atomic mass is 10.1. The van der Waals surface area contributed by atoms with Crippen LogP contribution in [-0.4, -0.2) is 21.4 Å². The molecule has 2 rings (SSSR count). The van der Waals surface area contributed by atoms with Crippen molar-refractivity contribution in [3.05, 3.63) is 54.1 Å². The Morgan fingerprint density at radius 1 is 1.19 bits per heavy atom. The fourth-order valence-electron chi connectivity index (χ4n) is 1.74. The van der Waals surface area contributed by atoms with E-state index in [0.29, 0.717) is 12.2 Å². The van der Waals surface area contributed by atoms with Crippen molar-refractivity contribution in [1.29, 1.82) is 0 Å². The minimum atomic E-state index is -0.268. The molecular weight excluding hydrogens is 264 g/mol. The van der Waals surface area contributed by atoms with E-state index in [0.717, 1.165) is 11.3 Å². The van der Waals surface area contributed by atoms with Crippen LogP contribution in [0.3, 0.4) is 0 Å². The number of amides is 1. The Hall–Kier alpha value is -2.43. The third kappa shape index (κ3) is 4.87. The zero-order valence-corrected chi connectivity index (χ0v) is 12.6. The number of rotatable bonds is 4. The summed E-state index contributed by atoms with van der Waals surface area (Å²) in [4.78, 5) is 20.2. The third-order valence-corrected chi connectivity index (χ3v) is 2.70. The highest BCUT2D eigenvalue weighted by Crippen LogP contribution is 2.09. The Morgan fingerprint density at radius 2 is 2.00 bits per heavy atom. The minimum absolute atomic E-state index is 0.165.